The highest BCUT2D eigenvalue weighted by molar-refractivity contribution is 6.01. The number of carbonyl (C=O) groups excluding carboxylic acids is 1. The number of amides is 1. The zero-order valence-corrected chi connectivity index (χ0v) is 13.6. The van der Waals surface area contributed by atoms with Crippen LogP contribution in [0, 0.1) is 0 Å². The standard InChI is InChI=1S/C15H21N5O3/c1-15(2,3)20-14(16-9-17-20)19-12(21)11-8-23-13(18-11)10-4-6-22-7-5-10/h8-10H,4-7H2,1-3H3,(H,16,17,19,21). The number of anilines is 1. The van der Waals surface area contributed by atoms with E-state index in [1.807, 2.05) is 20.8 Å². The molecule has 0 aliphatic carbocycles. The van der Waals surface area contributed by atoms with Crippen molar-refractivity contribution >= 4 is 11.9 Å². The van der Waals surface area contributed by atoms with Gasteiger partial charge in [0.15, 0.2) is 11.6 Å². The number of oxazole rings is 1. The van der Waals surface area contributed by atoms with Gasteiger partial charge >= 0.3 is 0 Å². The predicted octanol–water partition coefficient (Wildman–Crippen LogP) is 2.17. The van der Waals surface area contributed by atoms with Crippen LogP contribution in [0.25, 0.3) is 0 Å². The van der Waals surface area contributed by atoms with Crippen LogP contribution in [-0.2, 0) is 10.3 Å². The number of nitrogens with zero attached hydrogens (tertiary/aromatic N) is 4. The smallest absolute Gasteiger partial charge is 0.279 e. The van der Waals surface area contributed by atoms with Gasteiger partial charge in [-0.25, -0.2) is 9.67 Å². The van der Waals surface area contributed by atoms with Gasteiger partial charge in [0.25, 0.3) is 5.91 Å². The van der Waals surface area contributed by atoms with Gasteiger partial charge in [0, 0.05) is 19.1 Å². The van der Waals surface area contributed by atoms with Crippen LogP contribution in [0.1, 0.15) is 55.9 Å². The Morgan fingerprint density at radius 1 is 1.35 bits per heavy atom. The van der Waals surface area contributed by atoms with Crippen molar-refractivity contribution in [3.05, 3.63) is 24.2 Å². The molecule has 1 saturated heterocycles. The van der Waals surface area contributed by atoms with Crippen LogP contribution >= 0.6 is 0 Å². The molecular formula is C15H21N5O3. The monoisotopic (exact) mass is 319 g/mol. The van der Waals surface area contributed by atoms with Gasteiger partial charge in [-0.1, -0.05) is 0 Å². The van der Waals surface area contributed by atoms with Crippen molar-refractivity contribution in [2.24, 2.45) is 0 Å². The topological polar surface area (TPSA) is 95.1 Å². The zero-order valence-electron chi connectivity index (χ0n) is 13.6. The van der Waals surface area contributed by atoms with Gasteiger partial charge in [-0.3, -0.25) is 10.1 Å². The lowest BCUT2D eigenvalue weighted by Gasteiger charge is -2.20. The number of aromatic nitrogens is 4. The predicted molar refractivity (Wildman–Crippen MR) is 82.3 cm³/mol. The molecule has 8 nitrogen and oxygen atoms in total. The molecule has 8 heteroatoms. The van der Waals surface area contributed by atoms with Gasteiger partial charge in [0.2, 0.25) is 5.95 Å². The quantitative estimate of drug-likeness (QED) is 0.931. The average Bonchev–Trinajstić information content (AvgIpc) is 3.16. The Morgan fingerprint density at radius 2 is 2.09 bits per heavy atom. The summed E-state index contributed by atoms with van der Waals surface area (Å²) in [4.78, 5) is 20.8. The Hall–Kier alpha value is -2.22. The fraction of sp³-hybridized carbons (Fsp3) is 0.600. The summed E-state index contributed by atoms with van der Waals surface area (Å²) in [5, 5.41) is 6.88. The van der Waals surface area contributed by atoms with Gasteiger partial charge in [0.1, 0.15) is 12.6 Å². The molecule has 0 aromatic carbocycles. The van der Waals surface area contributed by atoms with Crippen molar-refractivity contribution in [2.75, 3.05) is 18.5 Å². The van der Waals surface area contributed by atoms with E-state index in [-0.39, 0.29) is 23.1 Å². The number of rotatable bonds is 3. The van der Waals surface area contributed by atoms with E-state index >= 15 is 0 Å². The molecule has 0 spiro atoms. The molecule has 1 N–H and O–H groups in total. The molecule has 1 fully saturated rings. The SMILES string of the molecule is CC(C)(C)n1ncnc1NC(=O)c1coc(C2CCOCC2)n1. The molecule has 3 rings (SSSR count). The second kappa shape index (κ2) is 6.11. The van der Waals surface area contributed by atoms with Gasteiger partial charge in [-0.15, -0.1) is 0 Å². The van der Waals surface area contributed by atoms with E-state index in [1.54, 1.807) is 4.68 Å². The second-order valence-electron chi connectivity index (χ2n) is 6.58. The molecule has 1 aliphatic heterocycles. The Morgan fingerprint density at radius 3 is 2.78 bits per heavy atom. The van der Waals surface area contributed by atoms with Crippen LogP contribution in [0.5, 0.6) is 0 Å². The van der Waals surface area contributed by atoms with Gasteiger partial charge in [-0.05, 0) is 33.6 Å². The van der Waals surface area contributed by atoms with Crippen LogP contribution < -0.4 is 5.32 Å². The Balaban J connectivity index is 1.72. The first kappa shape index (κ1) is 15.7. The molecular weight excluding hydrogens is 298 g/mol. The molecule has 1 aliphatic rings. The maximum absolute atomic E-state index is 12.3. The molecule has 0 radical (unpaired) electrons. The van der Waals surface area contributed by atoms with E-state index < -0.39 is 0 Å². The summed E-state index contributed by atoms with van der Waals surface area (Å²) >= 11 is 0. The number of hydrogen-bond acceptors (Lipinski definition) is 6. The highest BCUT2D eigenvalue weighted by Crippen LogP contribution is 2.26. The number of nitrogens with one attached hydrogen (secondary N) is 1. The largest absolute Gasteiger partial charge is 0.448 e. The van der Waals surface area contributed by atoms with Gasteiger partial charge in [0.05, 0.1) is 5.54 Å². The minimum Gasteiger partial charge on any atom is -0.448 e. The third kappa shape index (κ3) is 3.42. The van der Waals surface area contributed by atoms with E-state index in [9.17, 15) is 4.79 Å². The fourth-order valence-electron chi connectivity index (χ4n) is 2.51. The fourth-order valence-corrected chi connectivity index (χ4v) is 2.51. The van der Waals surface area contributed by atoms with Crippen molar-refractivity contribution in [1.29, 1.82) is 0 Å². The average molecular weight is 319 g/mol. The summed E-state index contributed by atoms with van der Waals surface area (Å²) in [7, 11) is 0. The lowest BCUT2D eigenvalue weighted by atomic mass is 10.0. The molecule has 0 saturated carbocycles. The van der Waals surface area contributed by atoms with Crippen molar-refractivity contribution in [3.8, 4) is 0 Å². The van der Waals surface area contributed by atoms with Crippen LogP contribution in [-0.4, -0.2) is 38.9 Å². The Labute approximate surface area is 134 Å². The summed E-state index contributed by atoms with van der Waals surface area (Å²) in [5.74, 6) is 0.836. The summed E-state index contributed by atoms with van der Waals surface area (Å²) in [6.45, 7) is 7.34. The van der Waals surface area contributed by atoms with Crippen molar-refractivity contribution in [2.45, 2.75) is 45.1 Å². The molecule has 2 aromatic heterocycles. The first-order valence-electron chi connectivity index (χ1n) is 7.70. The van der Waals surface area contributed by atoms with E-state index in [0.717, 1.165) is 12.8 Å². The van der Waals surface area contributed by atoms with Crippen LogP contribution in [0.4, 0.5) is 5.95 Å². The van der Waals surface area contributed by atoms with E-state index in [4.69, 9.17) is 9.15 Å². The third-order valence-corrected chi connectivity index (χ3v) is 3.73. The highest BCUT2D eigenvalue weighted by Gasteiger charge is 2.24. The van der Waals surface area contributed by atoms with Crippen LogP contribution in [0.15, 0.2) is 17.0 Å². The van der Waals surface area contributed by atoms with Crippen LogP contribution in [0.2, 0.25) is 0 Å². The minimum atomic E-state index is -0.356. The maximum Gasteiger partial charge on any atom is 0.279 e. The summed E-state index contributed by atoms with van der Waals surface area (Å²) in [6, 6.07) is 0. The minimum absolute atomic E-state index is 0.212. The molecule has 3 heterocycles. The molecule has 0 atom stereocenters. The lowest BCUT2D eigenvalue weighted by molar-refractivity contribution is 0.0794. The van der Waals surface area contributed by atoms with Crippen molar-refractivity contribution < 1.29 is 13.9 Å². The van der Waals surface area contributed by atoms with Crippen molar-refractivity contribution in [1.82, 2.24) is 19.7 Å². The van der Waals surface area contributed by atoms with Crippen LogP contribution in [0.3, 0.4) is 0 Å². The van der Waals surface area contributed by atoms with E-state index in [2.05, 4.69) is 20.4 Å². The van der Waals surface area contributed by atoms with E-state index in [0.29, 0.717) is 25.1 Å². The summed E-state index contributed by atoms with van der Waals surface area (Å²) < 4.78 is 12.5. The normalized spacial score (nSPS) is 16.5. The summed E-state index contributed by atoms with van der Waals surface area (Å²) in [6.07, 6.45) is 4.52. The Bertz CT molecular complexity index is 679. The number of hydrogen-bond donors (Lipinski definition) is 1. The zero-order chi connectivity index (χ0) is 16.4. The van der Waals surface area contributed by atoms with Crippen molar-refractivity contribution in [3.63, 3.8) is 0 Å². The number of carbonyl (C=O) groups is 1. The Kier molecular flexibility index (Phi) is 4.16. The maximum atomic E-state index is 12.3. The second-order valence-corrected chi connectivity index (χ2v) is 6.58. The summed E-state index contributed by atoms with van der Waals surface area (Å²) in [5.41, 5.74) is -0.0362. The molecule has 124 valence electrons. The third-order valence-electron chi connectivity index (χ3n) is 3.73. The van der Waals surface area contributed by atoms with E-state index in [1.165, 1.54) is 12.6 Å². The first-order chi connectivity index (χ1) is 10.9. The molecule has 1 amide bonds. The molecule has 2 aromatic rings. The first-order valence-corrected chi connectivity index (χ1v) is 7.70. The lowest BCUT2D eigenvalue weighted by Crippen LogP contribution is -2.27. The molecule has 0 unspecified atom stereocenters. The van der Waals surface area contributed by atoms with Gasteiger partial charge < -0.3 is 9.15 Å². The number of ether oxygens (including phenoxy) is 1. The molecule has 0 bridgehead atoms. The van der Waals surface area contributed by atoms with Gasteiger partial charge in [-0.2, -0.15) is 10.1 Å². The molecule has 23 heavy (non-hydrogen) atoms. The highest BCUT2D eigenvalue weighted by atomic mass is 16.5.